The summed E-state index contributed by atoms with van der Waals surface area (Å²) < 4.78 is 0. The van der Waals surface area contributed by atoms with Gasteiger partial charge in [0.15, 0.2) is 0 Å². The normalized spacial score (nSPS) is 19.0. The number of allylic oxidation sites excluding steroid dienone is 2. The van der Waals surface area contributed by atoms with Crippen LogP contribution in [-0.4, -0.2) is 17.2 Å². The number of rotatable bonds is 3. The minimum Gasteiger partial charge on any atom is -0.507 e. The summed E-state index contributed by atoms with van der Waals surface area (Å²) in [6, 6.07) is 6.40. The molecule has 4 heteroatoms. The molecule has 0 bridgehead atoms. The van der Waals surface area contributed by atoms with Crippen LogP contribution < -0.4 is 5.43 Å². The number of carbonyl (C=O) groups is 1. The minimum absolute atomic E-state index is 0.0363. The van der Waals surface area contributed by atoms with E-state index in [0.29, 0.717) is 5.92 Å². The lowest BCUT2D eigenvalue weighted by Crippen LogP contribution is -2.18. The molecule has 4 nitrogen and oxygen atoms in total. The van der Waals surface area contributed by atoms with Gasteiger partial charge in [0, 0.05) is 6.21 Å². The first-order chi connectivity index (χ1) is 8.77. The molecule has 0 aliphatic heterocycles. The fraction of sp³-hybridized carbons (Fsp3) is 0.286. The van der Waals surface area contributed by atoms with Crippen molar-refractivity contribution >= 4 is 12.1 Å². The van der Waals surface area contributed by atoms with Crippen LogP contribution in [0.5, 0.6) is 5.75 Å². The summed E-state index contributed by atoms with van der Waals surface area (Å²) in [5, 5.41) is 13.5. The van der Waals surface area contributed by atoms with Crippen LogP contribution in [0.4, 0.5) is 0 Å². The molecule has 2 N–H and O–H groups in total. The van der Waals surface area contributed by atoms with Gasteiger partial charge in [-0.25, -0.2) is 5.43 Å². The number of amides is 1. The zero-order valence-electron chi connectivity index (χ0n) is 10.0. The predicted octanol–water partition coefficient (Wildman–Crippen LogP) is 2.46. The van der Waals surface area contributed by atoms with E-state index in [2.05, 4.69) is 22.7 Å². The van der Waals surface area contributed by atoms with Crippen molar-refractivity contribution in [1.82, 2.24) is 5.43 Å². The number of carbonyl (C=O) groups excluding carboxylic acids is 1. The summed E-state index contributed by atoms with van der Waals surface area (Å²) >= 11 is 0. The quantitative estimate of drug-likeness (QED) is 0.487. The van der Waals surface area contributed by atoms with E-state index in [-0.39, 0.29) is 11.3 Å². The maximum Gasteiger partial charge on any atom is 0.275 e. The lowest BCUT2D eigenvalue weighted by molar-refractivity contribution is 0.0952. The number of aromatic hydroxyl groups is 1. The Labute approximate surface area is 106 Å². The summed E-state index contributed by atoms with van der Waals surface area (Å²) in [4.78, 5) is 11.7. The topological polar surface area (TPSA) is 61.7 Å². The molecule has 1 aliphatic rings. The second kappa shape index (κ2) is 6.00. The lowest BCUT2D eigenvalue weighted by atomic mass is 9.96. The summed E-state index contributed by atoms with van der Waals surface area (Å²) in [5.41, 5.74) is 2.67. The number of hydrogen-bond donors (Lipinski definition) is 2. The maximum absolute atomic E-state index is 11.7. The van der Waals surface area contributed by atoms with Crippen LogP contribution in [0.2, 0.25) is 0 Å². The molecule has 2 rings (SSSR count). The lowest BCUT2D eigenvalue weighted by Gasteiger charge is -2.11. The highest BCUT2D eigenvalue weighted by molar-refractivity contribution is 5.96. The molecule has 1 aromatic rings. The van der Waals surface area contributed by atoms with Gasteiger partial charge in [0.1, 0.15) is 5.75 Å². The zero-order chi connectivity index (χ0) is 12.8. The number of benzene rings is 1. The molecule has 18 heavy (non-hydrogen) atoms. The monoisotopic (exact) mass is 244 g/mol. The highest BCUT2D eigenvalue weighted by Gasteiger charge is 2.10. The van der Waals surface area contributed by atoms with Crippen molar-refractivity contribution in [3.05, 3.63) is 42.0 Å². The standard InChI is InChI=1S/C14H16N2O2/c17-13-9-5-4-8-12(13)14(18)16-15-10-11-6-2-1-3-7-11/h1-2,4-5,8-11,17H,3,6-7H2,(H,16,18)/t11-/m0/s1. The molecule has 1 aliphatic carbocycles. The molecular formula is C14H16N2O2. The predicted molar refractivity (Wildman–Crippen MR) is 70.5 cm³/mol. The second-order valence-electron chi connectivity index (χ2n) is 4.28. The number of phenolic OH excluding ortho intramolecular Hbond substituents is 1. The average molecular weight is 244 g/mol. The van der Waals surface area contributed by atoms with Crippen LogP contribution >= 0.6 is 0 Å². The molecule has 1 amide bonds. The van der Waals surface area contributed by atoms with Gasteiger partial charge in [0.25, 0.3) is 5.91 Å². The molecule has 0 saturated carbocycles. The first-order valence-electron chi connectivity index (χ1n) is 6.04. The van der Waals surface area contributed by atoms with Crippen molar-refractivity contribution < 1.29 is 9.90 Å². The van der Waals surface area contributed by atoms with Gasteiger partial charge in [-0.3, -0.25) is 4.79 Å². The van der Waals surface area contributed by atoms with E-state index in [4.69, 9.17) is 0 Å². The van der Waals surface area contributed by atoms with Gasteiger partial charge in [-0.2, -0.15) is 5.10 Å². The summed E-state index contributed by atoms with van der Waals surface area (Å²) in [6.45, 7) is 0. The van der Waals surface area contributed by atoms with Crippen molar-refractivity contribution in [2.75, 3.05) is 0 Å². The molecule has 1 atom stereocenters. The first-order valence-corrected chi connectivity index (χ1v) is 6.04. The Morgan fingerprint density at radius 1 is 1.39 bits per heavy atom. The van der Waals surface area contributed by atoms with E-state index in [9.17, 15) is 9.90 Å². The van der Waals surface area contributed by atoms with Crippen LogP contribution in [-0.2, 0) is 0 Å². The van der Waals surface area contributed by atoms with Crippen LogP contribution in [0.25, 0.3) is 0 Å². The Kier molecular flexibility index (Phi) is 4.12. The summed E-state index contributed by atoms with van der Waals surface area (Å²) in [6.07, 6.45) is 9.14. The number of hydrogen-bond acceptors (Lipinski definition) is 3. The molecule has 0 saturated heterocycles. The number of phenols is 1. The van der Waals surface area contributed by atoms with E-state index in [1.807, 2.05) is 0 Å². The largest absolute Gasteiger partial charge is 0.507 e. The SMILES string of the molecule is O=C(NN=C[C@H]1CC=CCC1)c1ccccc1O. The highest BCUT2D eigenvalue weighted by Crippen LogP contribution is 2.16. The number of nitrogens with one attached hydrogen (secondary N) is 1. The number of hydrazone groups is 1. The van der Waals surface area contributed by atoms with Gasteiger partial charge < -0.3 is 5.11 Å². The van der Waals surface area contributed by atoms with Crippen LogP contribution in [0, 0.1) is 5.92 Å². The molecule has 0 aromatic heterocycles. The summed E-state index contributed by atoms with van der Waals surface area (Å²) in [5.74, 6) is -0.0406. The zero-order valence-corrected chi connectivity index (χ0v) is 10.0. The second-order valence-corrected chi connectivity index (χ2v) is 4.28. The molecule has 94 valence electrons. The fourth-order valence-corrected chi connectivity index (χ4v) is 1.88. The Hall–Kier alpha value is -2.10. The summed E-state index contributed by atoms with van der Waals surface area (Å²) in [7, 11) is 0. The van der Waals surface area contributed by atoms with Crippen LogP contribution in [0.1, 0.15) is 29.6 Å². The maximum atomic E-state index is 11.7. The van der Waals surface area contributed by atoms with E-state index >= 15 is 0 Å². The molecule has 0 radical (unpaired) electrons. The highest BCUT2D eigenvalue weighted by atomic mass is 16.3. The van der Waals surface area contributed by atoms with Crippen molar-refractivity contribution in [2.45, 2.75) is 19.3 Å². The van der Waals surface area contributed by atoms with Gasteiger partial charge in [0.05, 0.1) is 5.56 Å². The van der Waals surface area contributed by atoms with Crippen molar-refractivity contribution in [1.29, 1.82) is 0 Å². The van der Waals surface area contributed by atoms with Gasteiger partial charge in [-0.05, 0) is 37.3 Å². The third-order valence-corrected chi connectivity index (χ3v) is 2.91. The Bertz CT molecular complexity index is 480. The molecule has 0 unspecified atom stereocenters. The molecule has 1 aromatic carbocycles. The van der Waals surface area contributed by atoms with E-state index in [1.165, 1.54) is 6.07 Å². The Balaban J connectivity index is 1.90. The number of para-hydroxylation sites is 1. The molecule has 0 spiro atoms. The van der Waals surface area contributed by atoms with Crippen molar-refractivity contribution in [3.63, 3.8) is 0 Å². The molecular weight excluding hydrogens is 228 g/mol. The van der Waals surface area contributed by atoms with Gasteiger partial charge >= 0.3 is 0 Å². The Morgan fingerprint density at radius 3 is 2.94 bits per heavy atom. The van der Waals surface area contributed by atoms with Gasteiger partial charge in [0.2, 0.25) is 0 Å². The fourth-order valence-electron chi connectivity index (χ4n) is 1.88. The van der Waals surface area contributed by atoms with Gasteiger partial charge in [-0.15, -0.1) is 0 Å². The first kappa shape index (κ1) is 12.4. The minimum atomic E-state index is -0.393. The number of nitrogens with zero attached hydrogens (tertiary/aromatic N) is 1. The van der Waals surface area contributed by atoms with Crippen LogP contribution in [0.15, 0.2) is 41.5 Å². The van der Waals surface area contributed by atoms with E-state index in [1.54, 1.807) is 24.4 Å². The smallest absolute Gasteiger partial charge is 0.275 e. The molecule has 0 fully saturated rings. The third kappa shape index (κ3) is 3.20. The Morgan fingerprint density at radius 2 is 2.22 bits per heavy atom. The van der Waals surface area contributed by atoms with Crippen LogP contribution in [0.3, 0.4) is 0 Å². The van der Waals surface area contributed by atoms with E-state index < -0.39 is 5.91 Å². The third-order valence-electron chi connectivity index (χ3n) is 2.91. The average Bonchev–Trinajstić information content (AvgIpc) is 2.40. The van der Waals surface area contributed by atoms with Crippen molar-refractivity contribution in [2.24, 2.45) is 11.0 Å². The molecule has 0 heterocycles. The van der Waals surface area contributed by atoms with Crippen molar-refractivity contribution in [3.8, 4) is 5.75 Å². The van der Waals surface area contributed by atoms with Gasteiger partial charge in [-0.1, -0.05) is 24.3 Å². The van der Waals surface area contributed by atoms with E-state index in [0.717, 1.165) is 19.3 Å².